The van der Waals surface area contributed by atoms with E-state index in [1.165, 1.54) is 43.1 Å². The van der Waals surface area contributed by atoms with Gasteiger partial charge in [0.2, 0.25) is 11.8 Å². The second kappa shape index (κ2) is 15.3. The van der Waals surface area contributed by atoms with E-state index >= 15 is 0 Å². The molecule has 1 aliphatic rings. The molecular weight excluding hydrogens is 644 g/mol. The van der Waals surface area contributed by atoms with Crippen LogP contribution < -0.4 is 15.4 Å². The third-order valence-electron chi connectivity index (χ3n) is 8.18. The number of carbonyl (C=O) groups excluding carboxylic acids is 4. The zero-order valence-corrected chi connectivity index (χ0v) is 27.8. The number of nitrogens with zero attached hydrogens (tertiary/aromatic N) is 2. The molecule has 13 heteroatoms. The fraction of sp³-hybridized carbons (Fsp3) is 0.243. The number of hydrogen-bond donors (Lipinski definition) is 2. The predicted octanol–water partition coefficient (Wildman–Crippen LogP) is 6.62. The van der Waals surface area contributed by atoms with E-state index in [-0.39, 0.29) is 24.0 Å². The van der Waals surface area contributed by atoms with Gasteiger partial charge in [-0.05, 0) is 53.8 Å². The maximum atomic E-state index is 13.4. The highest BCUT2D eigenvalue weighted by Crippen LogP contribution is 2.45. The first-order valence-corrected chi connectivity index (χ1v) is 15.8. The first-order valence-electron chi connectivity index (χ1n) is 15.8. The largest absolute Gasteiger partial charge is 0.514 e. The second-order valence-electron chi connectivity index (χ2n) is 12.0. The normalized spacial score (nSPS) is 12.9. The van der Waals surface area contributed by atoms with Gasteiger partial charge in [-0.15, -0.1) is 0 Å². The number of hydrogen-bond acceptors (Lipinski definition) is 9. The van der Waals surface area contributed by atoms with Crippen LogP contribution in [0.25, 0.3) is 11.1 Å². The first-order chi connectivity index (χ1) is 23.9. The van der Waals surface area contributed by atoms with E-state index in [0.29, 0.717) is 11.3 Å². The lowest BCUT2D eigenvalue weighted by Gasteiger charge is -2.31. The Morgan fingerprint density at radius 3 is 1.96 bits per heavy atom. The summed E-state index contributed by atoms with van der Waals surface area (Å²) >= 11 is 0. The molecule has 0 bridgehead atoms. The van der Waals surface area contributed by atoms with E-state index in [4.69, 9.17) is 14.2 Å². The number of nitro benzene ring substituents is 1. The Hall–Kier alpha value is -6.24. The molecule has 0 saturated carbocycles. The van der Waals surface area contributed by atoms with Gasteiger partial charge < -0.3 is 24.8 Å². The van der Waals surface area contributed by atoms with Crippen LogP contribution in [0.4, 0.5) is 21.0 Å². The van der Waals surface area contributed by atoms with Crippen LogP contribution >= 0.6 is 0 Å². The molecule has 0 aliphatic heterocycles. The Labute approximate surface area is 288 Å². The number of amides is 3. The summed E-state index contributed by atoms with van der Waals surface area (Å²) < 4.78 is 16.1. The summed E-state index contributed by atoms with van der Waals surface area (Å²) in [6.07, 6.45) is -2.28. The van der Waals surface area contributed by atoms with Crippen molar-refractivity contribution >= 4 is 35.4 Å². The van der Waals surface area contributed by atoms with Crippen molar-refractivity contribution in [1.82, 2.24) is 10.2 Å². The van der Waals surface area contributed by atoms with Crippen molar-refractivity contribution in [3.63, 3.8) is 0 Å². The summed E-state index contributed by atoms with van der Waals surface area (Å²) in [4.78, 5) is 63.3. The van der Waals surface area contributed by atoms with Gasteiger partial charge in [-0.1, -0.05) is 74.5 Å². The van der Waals surface area contributed by atoms with Crippen LogP contribution in [0.15, 0.2) is 97.1 Å². The third-order valence-corrected chi connectivity index (χ3v) is 8.18. The Kier molecular flexibility index (Phi) is 10.7. The average molecular weight is 681 g/mol. The minimum Gasteiger partial charge on any atom is -0.436 e. The van der Waals surface area contributed by atoms with Gasteiger partial charge in [-0.25, -0.2) is 9.59 Å². The van der Waals surface area contributed by atoms with Gasteiger partial charge >= 0.3 is 12.2 Å². The molecule has 1 aliphatic carbocycles. The van der Waals surface area contributed by atoms with Gasteiger partial charge in [0.05, 0.1) is 4.92 Å². The fourth-order valence-corrected chi connectivity index (χ4v) is 5.66. The van der Waals surface area contributed by atoms with Crippen molar-refractivity contribution in [2.45, 2.75) is 45.6 Å². The third kappa shape index (κ3) is 8.06. The summed E-state index contributed by atoms with van der Waals surface area (Å²) in [6.45, 7) is 5.02. The molecule has 2 N–H and O–H groups in total. The Morgan fingerprint density at radius 1 is 0.820 bits per heavy atom. The Balaban J connectivity index is 1.12. The van der Waals surface area contributed by atoms with Crippen LogP contribution in [0, 0.1) is 16.0 Å². The molecule has 50 heavy (non-hydrogen) atoms. The zero-order valence-electron chi connectivity index (χ0n) is 27.8. The number of benzene rings is 4. The minimum atomic E-state index is -0.992. The first kappa shape index (κ1) is 35.1. The molecular formula is C37H36N4O9. The van der Waals surface area contributed by atoms with Gasteiger partial charge in [0.15, 0.2) is 6.10 Å². The summed E-state index contributed by atoms with van der Waals surface area (Å²) in [5.74, 6) is -1.21. The molecule has 5 rings (SSSR count). The van der Waals surface area contributed by atoms with Gasteiger partial charge in [0.25, 0.3) is 5.69 Å². The lowest BCUT2D eigenvalue weighted by molar-refractivity contribution is -0.384. The molecule has 0 saturated heterocycles. The van der Waals surface area contributed by atoms with Crippen molar-refractivity contribution in [2.24, 2.45) is 5.92 Å². The van der Waals surface area contributed by atoms with Gasteiger partial charge in [-0.3, -0.25) is 24.6 Å². The maximum Gasteiger partial charge on any atom is 0.514 e. The summed E-state index contributed by atoms with van der Waals surface area (Å²) in [5.41, 5.74) is 4.62. The second-order valence-corrected chi connectivity index (χ2v) is 12.0. The average Bonchev–Trinajstić information content (AvgIpc) is 3.41. The van der Waals surface area contributed by atoms with Crippen molar-refractivity contribution in [2.75, 3.05) is 12.4 Å². The number of rotatable bonds is 11. The van der Waals surface area contributed by atoms with E-state index in [9.17, 15) is 29.3 Å². The van der Waals surface area contributed by atoms with Gasteiger partial charge in [0, 0.05) is 36.0 Å². The topological polar surface area (TPSA) is 166 Å². The fourth-order valence-electron chi connectivity index (χ4n) is 5.66. The zero-order chi connectivity index (χ0) is 35.9. The highest BCUT2D eigenvalue weighted by molar-refractivity contribution is 5.98. The van der Waals surface area contributed by atoms with Crippen molar-refractivity contribution < 1.29 is 38.3 Å². The highest BCUT2D eigenvalue weighted by atomic mass is 16.7. The van der Waals surface area contributed by atoms with Crippen molar-refractivity contribution in [1.29, 1.82) is 0 Å². The summed E-state index contributed by atoms with van der Waals surface area (Å²) in [5, 5.41) is 16.2. The number of nitrogens with one attached hydrogen (secondary N) is 2. The number of non-ortho nitro benzene ring substituents is 1. The van der Waals surface area contributed by atoms with E-state index in [2.05, 4.69) is 10.6 Å². The molecule has 4 aromatic rings. The van der Waals surface area contributed by atoms with Crippen LogP contribution in [0.5, 0.6) is 5.75 Å². The van der Waals surface area contributed by atoms with Gasteiger partial charge in [0.1, 0.15) is 24.4 Å². The summed E-state index contributed by atoms with van der Waals surface area (Å²) in [6, 6.07) is 25.0. The molecule has 3 amide bonds. The molecule has 0 spiro atoms. The number of ether oxygens (including phenoxy) is 3. The minimum absolute atomic E-state index is 0.0903. The molecule has 2 atom stereocenters. The molecule has 4 aromatic carbocycles. The number of likely N-dealkylation sites (N-methyl/N-ethyl adjacent to an activating group) is 1. The van der Waals surface area contributed by atoms with E-state index in [1.54, 1.807) is 38.1 Å². The lowest BCUT2D eigenvalue weighted by atomic mass is 10.0. The number of anilines is 1. The molecule has 0 aromatic heterocycles. The molecule has 0 radical (unpaired) electrons. The number of fused-ring (bicyclic) bond motifs is 3. The SMILES string of the molecule is CC(C)[C@@H](C(=O)N[C@@H](C)C(=O)Nc1ccc(COC(=O)Oc2ccc([N+](=O)[O-])cc2)cc1)N(C)C(=O)OC1c2ccccc2-c2ccccc21. The van der Waals surface area contributed by atoms with Crippen molar-refractivity contribution in [3.05, 3.63) is 124 Å². The van der Waals surface area contributed by atoms with Crippen molar-refractivity contribution in [3.8, 4) is 16.9 Å². The number of nitro groups is 1. The lowest BCUT2D eigenvalue weighted by Crippen LogP contribution is -2.54. The van der Waals surface area contributed by atoms with E-state index in [0.717, 1.165) is 22.3 Å². The highest BCUT2D eigenvalue weighted by Gasteiger charge is 2.36. The Bertz CT molecular complexity index is 1850. The molecule has 13 nitrogen and oxygen atoms in total. The number of carbonyl (C=O) groups is 4. The monoisotopic (exact) mass is 680 g/mol. The van der Waals surface area contributed by atoms with Crippen LogP contribution in [0.2, 0.25) is 0 Å². The van der Waals surface area contributed by atoms with Crippen LogP contribution in [0.3, 0.4) is 0 Å². The van der Waals surface area contributed by atoms with E-state index in [1.807, 2.05) is 48.5 Å². The van der Waals surface area contributed by atoms with Crippen LogP contribution in [-0.2, 0) is 25.7 Å². The maximum absolute atomic E-state index is 13.4. The molecule has 258 valence electrons. The van der Waals surface area contributed by atoms with Crippen LogP contribution in [-0.4, -0.2) is 53.0 Å². The van der Waals surface area contributed by atoms with Gasteiger partial charge in [-0.2, -0.15) is 0 Å². The molecule has 0 fully saturated rings. The summed E-state index contributed by atoms with van der Waals surface area (Å²) in [7, 11) is 1.50. The smallest absolute Gasteiger partial charge is 0.436 e. The molecule has 0 unspecified atom stereocenters. The predicted molar refractivity (Wildman–Crippen MR) is 183 cm³/mol. The molecule has 0 heterocycles. The Morgan fingerprint density at radius 2 is 1.40 bits per heavy atom. The van der Waals surface area contributed by atoms with Crippen LogP contribution in [0.1, 0.15) is 43.6 Å². The van der Waals surface area contributed by atoms with E-state index < -0.39 is 47.2 Å². The quantitative estimate of drug-likeness (QED) is 0.0766. The standard InChI is InChI=1S/C37H36N4O9/c1-22(2)32(40(4)36(44)50-33-30-11-7-5-9-28(30)29-10-6-8-12-31(29)33)35(43)38-23(3)34(42)39-25-15-13-24(14-16-25)21-48-37(45)49-27-19-17-26(18-20-27)41(46)47/h5-20,22-23,32-33H,21H2,1-4H3,(H,38,43)(H,39,42)/t23-,32-/m0/s1.